The number of aliphatic hydroxyl groups is 1. The third-order valence-electron chi connectivity index (χ3n) is 2.07. The van der Waals surface area contributed by atoms with E-state index < -0.39 is 18.0 Å². The molecular weight excluding hydrogens is 194 g/mol. The van der Waals surface area contributed by atoms with Gasteiger partial charge in [0.2, 0.25) is 0 Å². The van der Waals surface area contributed by atoms with E-state index in [0.717, 1.165) is 0 Å². The van der Waals surface area contributed by atoms with Crippen LogP contribution in [0, 0.1) is 0 Å². The molecule has 1 N–H and O–H groups in total. The van der Waals surface area contributed by atoms with Gasteiger partial charge in [0.1, 0.15) is 5.92 Å². The highest BCUT2D eigenvalue weighted by Gasteiger charge is 2.26. The molecule has 0 bridgehead atoms. The van der Waals surface area contributed by atoms with E-state index in [1.54, 1.807) is 38.4 Å². The molecule has 15 heavy (non-hydrogen) atoms. The van der Waals surface area contributed by atoms with Gasteiger partial charge in [-0.05, 0) is 25.5 Å². The zero-order valence-corrected chi connectivity index (χ0v) is 8.88. The maximum absolute atomic E-state index is 11.6. The lowest BCUT2D eigenvalue weighted by Crippen LogP contribution is -2.25. The van der Waals surface area contributed by atoms with Crippen molar-refractivity contribution >= 4 is 5.97 Å². The molecule has 2 unspecified atom stereocenters. The molecule has 0 radical (unpaired) electrons. The Kier molecular flexibility index (Phi) is 4.24. The van der Waals surface area contributed by atoms with E-state index in [-0.39, 0.29) is 0 Å². The topological polar surface area (TPSA) is 59.4 Å². The Balaban J connectivity index is 2.88. The molecule has 0 aliphatic heterocycles. The number of hydrogen-bond donors (Lipinski definition) is 1. The van der Waals surface area contributed by atoms with Crippen LogP contribution in [-0.4, -0.2) is 28.8 Å². The van der Waals surface area contributed by atoms with Crippen LogP contribution in [0.25, 0.3) is 0 Å². The Bertz CT molecular complexity index is 311. The number of nitrogens with zero attached hydrogens (tertiary/aromatic N) is 1. The maximum atomic E-state index is 11.6. The third kappa shape index (κ3) is 3.02. The van der Waals surface area contributed by atoms with Gasteiger partial charge in [-0.3, -0.25) is 9.78 Å². The number of aromatic nitrogens is 1. The highest BCUT2D eigenvalue weighted by molar-refractivity contribution is 5.78. The molecule has 0 aromatic carbocycles. The molecule has 0 aliphatic rings. The summed E-state index contributed by atoms with van der Waals surface area (Å²) in [6.45, 7) is 3.61. The fourth-order valence-corrected chi connectivity index (χ4v) is 1.40. The van der Waals surface area contributed by atoms with Crippen molar-refractivity contribution in [3.63, 3.8) is 0 Å². The molecule has 0 aliphatic carbocycles. The smallest absolute Gasteiger partial charge is 0.316 e. The number of aliphatic hydroxyl groups excluding tert-OH is 1. The van der Waals surface area contributed by atoms with E-state index >= 15 is 0 Å². The molecule has 0 saturated carbocycles. The van der Waals surface area contributed by atoms with Gasteiger partial charge in [-0.2, -0.15) is 0 Å². The van der Waals surface area contributed by atoms with Crippen molar-refractivity contribution < 1.29 is 14.6 Å². The Labute approximate surface area is 88.9 Å². The molecule has 4 heteroatoms. The molecule has 1 rings (SSSR count). The SMILES string of the molecule is CCOC(=O)C(c1cccnc1)C(C)O. The van der Waals surface area contributed by atoms with Crippen LogP contribution >= 0.6 is 0 Å². The highest BCUT2D eigenvalue weighted by Crippen LogP contribution is 2.20. The van der Waals surface area contributed by atoms with Gasteiger partial charge in [-0.25, -0.2) is 0 Å². The monoisotopic (exact) mass is 209 g/mol. The van der Waals surface area contributed by atoms with Gasteiger partial charge in [-0.1, -0.05) is 6.07 Å². The van der Waals surface area contributed by atoms with Crippen molar-refractivity contribution in [2.45, 2.75) is 25.9 Å². The van der Waals surface area contributed by atoms with E-state index in [9.17, 15) is 9.90 Å². The van der Waals surface area contributed by atoms with E-state index in [1.807, 2.05) is 0 Å². The summed E-state index contributed by atoms with van der Waals surface area (Å²) in [5.74, 6) is -1.07. The van der Waals surface area contributed by atoms with Crippen LogP contribution < -0.4 is 0 Å². The summed E-state index contributed by atoms with van der Waals surface area (Å²) >= 11 is 0. The number of pyridine rings is 1. The van der Waals surface area contributed by atoms with Gasteiger partial charge in [-0.15, -0.1) is 0 Å². The maximum Gasteiger partial charge on any atom is 0.316 e. The molecule has 0 saturated heterocycles. The number of esters is 1. The predicted molar refractivity (Wildman–Crippen MR) is 55.3 cm³/mol. The minimum atomic E-state index is -0.784. The molecule has 2 atom stereocenters. The number of ether oxygens (including phenoxy) is 1. The first-order chi connectivity index (χ1) is 7.16. The average molecular weight is 209 g/mol. The molecular formula is C11H15NO3. The van der Waals surface area contributed by atoms with E-state index in [4.69, 9.17) is 4.74 Å². The van der Waals surface area contributed by atoms with E-state index in [0.29, 0.717) is 12.2 Å². The standard InChI is InChI=1S/C11H15NO3/c1-3-15-11(14)10(8(2)13)9-5-4-6-12-7-9/h4-8,10,13H,3H2,1-2H3. The quantitative estimate of drug-likeness (QED) is 0.754. The van der Waals surface area contributed by atoms with Crippen molar-refractivity contribution in [2.75, 3.05) is 6.61 Å². The van der Waals surface area contributed by atoms with E-state index in [1.165, 1.54) is 0 Å². The minimum absolute atomic E-state index is 0.308. The Morgan fingerprint density at radius 1 is 1.67 bits per heavy atom. The average Bonchev–Trinajstić information content (AvgIpc) is 2.19. The van der Waals surface area contributed by atoms with Crippen LogP contribution in [0.5, 0.6) is 0 Å². The summed E-state index contributed by atoms with van der Waals surface area (Å²) in [6, 6.07) is 3.48. The molecule has 1 aromatic heterocycles. The molecule has 0 fully saturated rings. The summed E-state index contributed by atoms with van der Waals surface area (Å²) in [5, 5.41) is 9.53. The lowest BCUT2D eigenvalue weighted by Gasteiger charge is -2.17. The van der Waals surface area contributed by atoms with Crippen LogP contribution in [-0.2, 0) is 9.53 Å². The normalized spacial score (nSPS) is 14.3. The molecule has 0 spiro atoms. The molecule has 0 amide bonds. The highest BCUT2D eigenvalue weighted by atomic mass is 16.5. The van der Waals surface area contributed by atoms with Crippen molar-refractivity contribution in [1.82, 2.24) is 4.98 Å². The van der Waals surface area contributed by atoms with Gasteiger partial charge in [0.05, 0.1) is 12.7 Å². The van der Waals surface area contributed by atoms with Gasteiger partial charge >= 0.3 is 5.97 Å². The van der Waals surface area contributed by atoms with Crippen LogP contribution in [0.1, 0.15) is 25.3 Å². The number of carbonyl (C=O) groups is 1. The first-order valence-electron chi connectivity index (χ1n) is 4.91. The Hall–Kier alpha value is -1.42. The van der Waals surface area contributed by atoms with Gasteiger partial charge < -0.3 is 9.84 Å². The Morgan fingerprint density at radius 3 is 2.87 bits per heavy atom. The third-order valence-corrected chi connectivity index (χ3v) is 2.07. The Morgan fingerprint density at radius 2 is 2.40 bits per heavy atom. The second-order valence-corrected chi connectivity index (χ2v) is 3.26. The summed E-state index contributed by atoms with van der Waals surface area (Å²) in [5.41, 5.74) is 0.672. The van der Waals surface area contributed by atoms with Crippen LogP contribution in [0.15, 0.2) is 24.5 Å². The van der Waals surface area contributed by atoms with E-state index in [2.05, 4.69) is 4.98 Å². The van der Waals surface area contributed by atoms with Crippen molar-refractivity contribution in [3.05, 3.63) is 30.1 Å². The first kappa shape index (κ1) is 11.7. The summed E-state index contributed by atoms with van der Waals surface area (Å²) in [6.07, 6.45) is 2.40. The zero-order chi connectivity index (χ0) is 11.3. The summed E-state index contributed by atoms with van der Waals surface area (Å²) in [7, 11) is 0. The molecule has 1 aromatic rings. The molecule has 82 valence electrons. The van der Waals surface area contributed by atoms with Gasteiger partial charge in [0.15, 0.2) is 0 Å². The lowest BCUT2D eigenvalue weighted by molar-refractivity contribution is -0.147. The zero-order valence-electron chi connectivity index (χ0n) is 8.88. The predicted octanol–water partition coefficient (Wildman–Crippen LogP) is 1.11. The second-order valence-electron chi connectivity index (χ2n) is 3.26. The van der Waals surface area contributed by atoms with Gasteiger partial charge in [0.25, 0.3) is 0 Å². The van der Waals surface area contributed by atoms with Crippen molar-refractivity contribution in [3.8, 4) is 0 Å². The van der Waals surface area contributed by atoms with Crippen LogP contribution in [0.4, 0.5) is 0 Å². The first-order valence-corrected chi connectivity index (χ1v) is 4.91. The molecule has 1 heterocycles. The van der Waals surface area contributed by atoms with Crippen molar-refractivity contribution in [1.29, 1.82) is 0 Å². The van der Waals surface area contributed by atoms with Gasteiger partial charge in [0, 0.05) is 12.4 Å². The van der Waals surface area contributed by atoms with Crippen LogP contribution in [0.3, 0.4) is 0 Å². The fraction of sp³-hybridized carbons (Fsp3) is 0.455. The number of rotatable bonds is 4. The minimum Gasteiger partial charge on any atom is -0.465 e. The lowest BCUT2D eigenvalue weighted by atomic mass is 9.96. The van der Waals surface area contributed by atoms with Crippen LogP contribution in [0.2, 0.25) is 0 Å². The van der Waals surface area contributed by atoms with Crippen molar-refractivity contribution in [2.24, 2.45) is 0 Å². The fourth-order valence-electron chi connectivity index (χ4n) is 1.40. The largest absolute Gasteiger partial charge is 0.465 e. The summed E-state index contributed by atoms with van der Waals surface area (Å²) < 4.78 is 4.89. The number of carbonyl (C=O) groups excluding carboxylic acids is 1. The number of hydrogen-bond acceptors (Lipinski definition) is 4. The molecule has 4 nitrogen and oxygen atoms in total. The summed E-state index contributed by atoms with van der Waals surface area (Å²) in [4.78, 5) is 15.5. The second kappa shape index (κ2) is 5.46.